The fourth-order valence-corrected chi connectivity index (χ4v) is 4.12. The molecule has 1 amide bonds. The normalized spacial score (nSPS) is 15.5. The lowest BCUT2D eigenvalue weighted by Crippen LogP contribution is -2.39. The van der Waals surface area contributed by atoms with E-state index >= 15 is 0 Å². The molecular weight excluding hydrogens is 362 g/mol. The molecule has 150 valence electrons. The maximum absolute atomic E-state index is 13.1. The van der Waals surface area contributed by atoms with Gasteiger partial charge in [-0.1, -0.05) is 36.4 Å². The largest absolute Gasteiger partial charge is 0.337 e. The molecule has 1 aliphatic heterocycles. The predicted molar refractivity (Wildman–Crippen MR) is 116 cm³/mol. The van der Waals surface area contributed by atoms with Gasteiger partial charge in [-0.25, -0.2) is 0 Å². The molecule has 3 aromatic rings. The fraction of sp³-hybridized carbons (Fsp3) is 0.333. The van der Waals surface area contributed by atoms with E-state index in [0.717, 1.165) is 36.1 Å². The Morgan fingerprint density at radius 2 is 1.83 bits per heavy atom. The van der Waals surface area contributed by atoms with Crippen molar-refractivity contribution in [1.29, 1.82) is 0 Å². The number of pyridine rings is 1. The van der Waals surface area contributed by atoms with Crippen LogP contribution < -0.4 is 5.56 Å². The van der Waals surface area contributed by atoms with E-state index in [2.05, 4.69) is 22.0 Å². The summed E-state index contributed by atoms with van der Waals surface area (Å²) in [6.45, 7) is 3.08. The molecule has 1 atom stereocenters. The van der Waals surface area contributed by atoms with Gasteiger partial charge in [0.15, 0.2) is 0 Å². The molecule has 2 heterocycles. The van der Waals surface area contributed by atoms with E-state index in [1.54, 1.807) is 6.07 Å². The van der Waals surface area contributed by atoms with Crippen molar-refractivity contribution in [3.05, 3.63) is 82.1 Å². The van der Waals surface area contributed by atoms with E-state index in [-0.39, 0.29) is 17.5 Å². The molecule has 2 aromatic carbocycles. The molecule has 0 radical (unpaired) electrons. The van der Waals surface area contributed by atoms with Crippen LogP contribution in [0.25, 0.3) is 10.9 Å². The third-order valence-electron chi connectivity index (χ3n) is 5.82. The van der Waals surface area contributed by atoms with Crippen LogP contribution in [0.3, 0.4) is 0 Å². The van der Waals surface area contributed by atoms with Gasteiger partial charge in [0.05, 0.1) is 12.5 Å². The summed E-state index contributed by atoms with van der Waals surface area (Å²) in [5.74, 6) is 0.0989. The maximum Gasteiger partial charge on any atom is 0.248 e. The zero-order valence-electron chi connectivity index (χ0n) is 16.8. The molecule has 29 heavy (non-hydrogen) atoms. The minimum Gasteiger partial charge on any atom is -0.337 e. The Labute approximate surface area is 171 Å². The Morgan fingerprint density at radius 1 is 1.07 bits per heavy atom. The van der Waals surface area contributed by atoms with Crippen LogP contribution in [0, 0.1) is 0 Å². The molecule has 1 fully saturated rings. The SMILES string of the molecule is CN(C(=O)Cc1ccc2[nH]c(=O)ccc2c1)C(CN1CCCC1)c1ccccc1. The van der Waals surface area contributed by atoms with Crippen molar-refractivity contribution in [2.24, 2.45) is 0 Å². The fourth-order valence-electron chi connectivity index (χ4n) is 4.12. The highest BCUT2D eigenvalue weighted by atomic mass is 16.2. The molecule has 5 nitrogen and oxygen atoms in total. The Bertz CT molecular complexity index is 1040. The second-order valence-electron chi connectivity index (χ2n) is 7.86. The molecule has 4 rings (SSSR count). The number of H-pyrrole nitrogens is 1. The van der Waals surface area contributed by atoms with Crippen molar-refractivity contribution >= 4 is 16.8 Å². The number of carbonyl (C=O) groups is 1. The molecule has 1 saturated heterocycles. The lowest BCUT2D eigenvalue weighted by Gasteiger charge is -2.32. The molecule has 5 heteroatoms. The Morgan fingerprint density at radius 3 is 2.59 bits per heavy atom. The van der Waals surface area contributed by atoms with E-state index in [1.165, 1.54) is 24.5 Å². The average Bonchev–Trinajstić information content (AvgIpc) is 3.25. The lowest BCUT2D eigenvalue weighted by atomic mass is 10.0. The number of hydrogen-bond acceptors (Lipinski definition) is 3. The number of nitrogens with zero attached hydrogens (tertiary/aromatic N) is 2. The Balaban J connectivity index is 1.53. The van der Waals surface area contributed by atoms with Gasteiger partial charge in [0.2, 0.25) is 11.5 Å². The summed E-state index contributed by atoms with van der Waals surface area (Å²) in [6.07, 6.45) is 2.81. The number of fused-ring (bicyclic) bond motifs is 1. The van der Waals surface area contributed by atoms with Gasteiger partial charge in [-0.15, -0.1) is 0 Å². The van der Waals surface area contributed by atoms with Crippen LogP contribution in [0.5, 0.6) is 0 Å². The van der Waals surface area contributed by atoms with Crippen molar-refractivity contribution in [2.45, 2.75) is 25.3 Å². The predicted octanol–water partition coefficient (Wildman–Crippen LogP) is 3.37. The van der Waals surface area contributed by atoms with E-state index in [9.17, 15) is 9.59 Å². The van der Waals surface area contributed by atoms with Crippen LogP contribution in [0.1, 0.15) is 30.0 Å². The van der Waals surface area contributed by atoms with Crippen LogP contribution in [-0.2, 0) is 11.2 Å². The molecule has 1 aliphatic rings. The van der Waals surface area contributed by atoms with Gasteiger partial charge in [0.25, 0.3) is 0 Å². The van der Waals surface area contributed by atoms with Crippen LogP contribution >= 0.6 is 0 Å². The zero-order valence-corrected chi connectivity index (χ0v) is 16.8. The number of hydrogen-bond donors (Lipinski definition) is 1. The van der Waals surface area contributed by atoms with Crippen LogP contribution in [-0.4, -0.2) is 47.4 Å². The number of aromatic nitrogens is 1. The standard InChI is InChI=1S/C24H27N3O2/c1-26(22(17-27-13-5-6-14-27)19-7-3-2-4-8-19)24(29)16-18-9-11-21-20(15-18)10-12-23(28)25-21/h2-4,7-12,15,22H,5-6,13-14,16-17H2,1H3,(H,25,28). The first-order valence-electron chi connectivity index (χ1n) is 10.2. The number of nitrogens with one attached hydrogen (secondary N) is 1. The smallest absolute Gasteiger partial charge is 0.248 e. The first kappa shape index (κ1) is 19.4. The van der Waals surface area contributed by atoms with Crippen molar-refractivity contribution in [2.75, 3.05) is 26.7 Å². The highest BCUT2D eigenvalue weighted by molar-refractivity contribution is 5.83. The number of rotatable bonds is 6. The average molecular weight is 389 g/mol. The highest BCUT2D eigenvalue weighted by Gasteiger charge is 2.25. The van der Waals surface area contributed by atoms with E-state index in [0.29, 0.717) is 6.42 Å². The summed E-state index contributed by atoms with van der Waals surface area (Å²) in [5.41, 5.74) is 2.80. The van der Waals surface area contributed by atoms with E-state index in [1.807, 2.05) is 48.3 Å². The van der Waals surface area contributed by atoms with Gasteiger partial charge < -0.3 is 14.8 Å². The van der Waals surface area contributed by atoms with Gasteiger partial charge in [-0.05, 0) is 60.6 Å². The van der Waals surface area contributed by atoms with Crippen LogP contribution in [0.2, 0.25) is 0 Å². The first-order chi connectivity index (χ1) is 14.1. The summed E-state index contributed by atoms with van der Waals surface area (Å²) in [4.78, 5) is 31.8. The van der Waals surface area contributed by atoms with Gasteiger partial charge >= 0.3 is 0 Å². The molecule has 0 saturated carbocycles. The molecule has 1 aromatic heterocycles. The topological polar surface area (TPSA) is 56.4 Å². The quantitative estimate of drug-likeness (QED) is 0.703. The van der Waals surface area contributed by atoms with E-state index in [4.69, 9.17) is 0 Å². The minimum atomic E-state index is -0.117. The summed E-state index contributed by atoms with van der Waals surface area (Å²) < 4.78 is 0. The van der Waals surface area contributed by atoms with E-state index < -0.39 is 0 Å². The van der Waals surface area contributed by atoms with Crippen molar-refractivity contribution in [3.8, 4) is 0 Å². The number of likely N-dealkylation sites (tertiary alicyclic amines) is 1. The molecule has 0 spiro atoms. The molecule has 0 aliphatic carbocycles. The molecular formula is C24H27N3O2. The van der Waals surface area contributed by atoms with Crippen molar-refractivity contribution < 1.29 is 4.79 Å². The minimum absolute atomic E-state index is 0.0404. The first-order valence-corrected chi connectivity index (χ1v) is 10.2. The number of carbonyl (C=O) groups excluding carboxylic acids is 1. The summed E-state index contributed by atoms with van der Waals surface area (Å²) >= 11 is 0. The highest BCUT2D eigenvalue weighted by Crippen LogP contribution is 2.24. The zero-order chi connectivity index (χ0) is 20.2. The van der Waals surface area contributed by atoms with Crippen LogP contribution in [0.15, 0.2) is 65.5 Å². The second-order valence-corrected chi connectivity index (χ2v) is 7.86. The van der Waals surface area contributed by atoms with Crippen molar-refractivity contribution in [3.63, 3.8) is 0 Å². The Kier molecular flexibility index (Phi) is 5.76. The van der Waals surface area contributed by atoms with Gasteiger partial charge in [0, 0.05) is 25.2 Å². The van der Waals surface area contributed by atoms with Gasteiger partial charge in [-0.3, -0.25) is 9.59 Å². The molecule has 0 bridgehead atoms. The summed E-state index contributed by atoms with van der Waals surface area (Å²) in [5, 5.41) is 0.939. The third-order valence-corrected chi connectivity index (χ3v) is 5.82. The van der Waals surface area contributed by atoms with Gasteiger partial charge in [0.1, 0.15) is 0 Å². The monoisotopic (exact) mass is 389 g/mol. The number of aromatic amines is 1. The van der Waals surface area contributed by atoms with Crippen molar-refractivity contribution in [1.82, 2.24) is 14.8 Å². The van der Waals surface area contributed by atoms with Crippen LogP contribution in [0.4, 0.5) is 0 Å². The van der Waals surface area contributed by atoms with Gasteiger partial charge in [-0.2, -0.15) is 0 Å². The summed E-state index contributed by atoms with van der Waals surface area (Å²) in [6, 6.07) is 19.4. The molecule has 1 unspecified atom stereocenters. The number of likely N-dealkylation sites (N-methyl/N-ethyl adjacent to an activating group) is 1. The second kappa shape index (κ2) is 8.62. The third kappa shape index (κ3) is 4.57. The maximum atomic E-state index is 13.1. The Hall–Kier alpha value is -2.92. The summed E-state index contributed by atoms with van der Waals surface area (Å²) in [7, 11) is 1.91. The molecule has 1 N–H and O–H groups in total. The number of amides is 1. The number of benzene rings is 2. The lowest BCUT2D eigenvalue weighted by molar-refractivity contribution is -0.131.